The molecule has 1 aliphatic rings. The fourth-order valence-corrected chi connectivity index (χ4v) is 2.49. The molecule has 0 unspecified atom stereocenters. The van der Waals surface area contributed by atoms with Crippen LogP contribution in [0.25, 0.3) is 0 Å². The maximum Gasteiger partial charge on any atom is 0.233 e. The second kappa shape index (κ2) is 7.66. The molecule has 1 fully saturated rings. The van der Waals surface area contributed by atoms with Crippen LogP contribution in [-0.2, 0) is 4.79 Å². The Morgan fingerprint density at radius 1 is 1.12 bits per heavy atom. The minimum atomic E-state index is 0.116. The molecule has 0 aromatic rings. The Kier molecular flexibility index (Phi) is 6.46. The summed E-state index contributed by atoms with van der Waals surface area (Å²) < 4.78 is 0. The summed E-state index contributed by atoms with van der Waals surface area (Å²) >= 11 is 0. The lowest BCUT2D eigenvalue weighted by Gasteiger charge is -2.27. The zero-order valence-corrected chi connectivity index (χ0v) is 10.7. The molecule has 0 radical (unpaired) electrons. The van der Waals surface area contributed by atoms with E-state index in [1.54, 1.807) is 0 Å². The lowest BCUT2D eigenvalue weighted by Crippen LogP contribution is -2.36. The van der Waals surface area contributed by atoms with Crippen molar-refractivity contribution >= 4 is 5.91 Å². The van der Waals surface area contributed by atoms with Gasteiger partial charge in [-0.05, 0) is 38.1 Å². The summed E-state index contributed by atoms with van der Waals surface area (Å²) in [7, 11) is 0. The van der Waals surface area contributed by atoms with E-state index in [2.05, 4.69) is 17.6 Å². The predicted molar refractivity (Wildman–Crippen MR) is 67.3 cm³/mol. The highest BCUT2D eigenvalue weighted by molar-refractivity contribution is 5.77. The second-order valence-corrected chi connectivity index (χ2v) is 4.88. The van der Waals surface area contributed by atoms with Gasteiger partial charge in [0.25, 0.3) is 0 Å². The standard InChI is InChI=1S/C13H26N2O/c1-3-11-5-7-12(8-6-11)9-14-10-13(16)15-4-2/h11-12,14H,3-10H2,1-2H3,(H,15,16). The molecular weight excluding hydrogens is 200 g/mol. The molecule has 0 aromatic carbocycles. The van der Waals surface area contributed by atoms with E-state index in [9.17, 15) is 4.79 Å². The Bertz CT molecular complexity index is 198. The number of rotatable bonds is 6. The molecule has 1 aliphatic carbocycles. The van der Waals surface area contributed by atoms with Crippen LogP contribution < -0.4 is 10.6 Å². The topological polar surface area (TPSA) is 41.1 Å². The first kappa shape index (κ1) is 13.5. The first-order valence-electron chi connectivity index (χ1n) is 6.73. The lowest BCUT2D eigenvalue weighted by molar-refractivity contribution is -0.120. The van der Waals surface area contributed by atoms with Crippen molar-refractivity contribution in [3.05, 3.63) is 0 Å². The molecule has 0 aliphatic heterocycles. The van der Waals surface area contributed by atoms with Crippen LogP contribution >= 0.6 is 0 Å². The highest BCUT2D eigenvalue weighted by atomic mass is 16.1. The van der Waals surface area contributed by atoms with Gasteiger partial charge < -0.3 is 10.6 Å². The van der Waals surface area contributed by atoms with Crippen LogP contribution in [0.4, 0.5) is 0 Å². The van der Waals surface area contributed by atoms with Crippen molar-refractivity contribution in [2.75, 3.05) is 19.6 Å². The highest BCUT2D eigenvalue weighted by Crippen LogP contribution is 2.29. The van der Waals surface area contributed by atoms with Crippen molar-refractivity contribution in [1.82, 2.24) is 10.6 Å². The number of hydrogen-bond donors (Lipinski definition) is 2. The average Bonchev–Trinajstić information content (AvgIpc) is 2.30. The normalized spacial score (nSPS) is 25.4. The van der Waals surface area contributed by atoms with Crippen LogP contribution in [0, 0.1) is 11.8 Å². The summed E-state index contributed by atoms with van der Waals surface area (Å²) in [5.74, 6) is 1.86. The van der Waals surface area contributed by atoms with E-state index in [-0.39, 0.29) is 5.91 Å². The summed E-state index contributed by atoms with van der Waals surface area (Å²) in [6.07, 6.45) is 6.76. The van der Waals surface area contributed by atoms with Crippen molar-refractivity contribution in [3.63, 3.8) is 0 Å². The van der Waals surface area contributed by atoms with Crippen LogP contribution in [-0.4, -0.2) is 25.5 Å². The molecule has 1 amide bonds. The first-order valence-corrected chi connectivity index (χ1v) is 6.73. The molecule has 0 saturated heterocycles. The summed E-state index contributed by atoms with van der Waals surface area (Å²) in [6, 6.07) is 0. The molecule has 2 N–H and O–H groups in total. The Labute approximate surface area is 99.4 Å². The van der Waals surface area contributed by atoms with E-state index in [0.29, 0.717) is 6.54 Å². The van der Waals surface area contributed by atoms with Crippen molar-refractivity contribution in [3.8, 4) is 0 Å². The molecule has 0 bridgehead atoms. The van der Waals surface area contributed by atoms with Gasteiger partial charge in [0.05, 0.1) is 6.54 Å². The van der Waals surface area contributed by atoms with Crippen molar-refractivity contribution in [2.45, 2.75) is 46.0 Å². The molecule has 1 rings (SSSR count). The monoisotopic (exact) mass is 226 g/mol. The zero-order chi connectivity index (χ0) is 11.8. The van der Waals surface area contributed by atoms with Gasteiger partial charge in [-0.2, -0.15) is 0 Å². The number of carbonyl (C=O) groups excluding carboxylic acids is 1. The summed E-state index contributed by atoms with van der Waals surface area (Å²) in [5, 5.41) is 6.06. The van der Waals surface area contributed by atoms with Gasteiger partial charge in [0, 0.05) is 6.54 Å². The summed E-state index contributed by atoms with van der Waals surface area (Å²) in [6.45, 7) is 6.44. The van der Waals surface area contributed by atoms with Crippen LogP contribution in [0.5, 0.6) is 0 Å². The van der Waals surface area contributed by atoms with E-state index in [0.717, 1.165) is 24.9 Å². The number of likely N-dealkylation sites (N-methyl/N-ethyl adjacent to an activating group) is 1. The van der Waals surface area contributed by atoms with Crippen molar-refractivity contribution < 1.29 is 4.79 Å². The second-order valence-electron chi connectivity index (χ2n) is 4.88. The smallest absolute Gasteiger partial charge is 0.233 e. The van der Waals surface area contributed by atoms with Crippen LogP contribution in [0.15, 0.2) is 0 Å². The first-order chi connectivity index (χ1) is 7.76. The minimum Gasteiger partial charge on any atom is -0.355 e. The van der Waals surface area contributed by atoms with E-state index in [1.807, 2.05) is 6.92 Å². The number of amides is 1. The molecular formula is C13H26N2O. The van der Waals surface area contributed by atoms with Crippen LogP contribution in [0.3, 0.4) is 0 Å². The average molecular weight is 226 g/mol. The molecule has 94 valence electrons. The van der Waals surface area contributed by atoms with Gasteiger partial charge in [-0.15, -0.1) is 0 Å². The van der Waals surface area contributed by atoms with E-state index in [1.165, 1.54) is 32.1 Å². The van der Waals surface area contributed by atoms with Gasteiger partial charge in [-0.25, -0.2) is 0 Å². The maximum absolute atomic E-state index is 11.2. The fraction of sp³-hybridized carbons (Fsp3) is 0.923. The molecule has 0 atom stereocenters. The van der Waals surface area contributed by atoms with Gasteiger partial charge in [0.2, 0.25) is 5.91 Å². The zero-order valence-electron chi connectivity index (χ0n) is 10.7. The Hall–Kier alpha value is -0.570. The predicted octanol–water partition coefficient (Wildman–Crippen LogP) is 1.93. The number of hydrogen-bond acceptors (Lipinski definition) is 2. The van der Waals surface area contributed by atoms with Gasteiger partial charge in [-0.1, -0.05) is 26.2 Å². The van der Waals surface area contributed by atoms with Gasteiger partial charge in [0.15, 0.2) is 0 Å². The SMILES string of the molecule is CCNC(=O)CNCC1CCC(CC)CC1. The lowest BCUT2D eigenvalue weighted by atomic mass is 9.81. The number of carbonyl (C=O) groups is 1. The van der Waals surface area contributed by atoms with E-state index < -0.39 is 0 Å². The summed E-state index contributed by atoms with van der Waals surface area (Å²) in [4.78, 5) is 11.2. The summed E-state index contributed by atoms with van der Waals surface area (Å²) in [5.41, 5.74) is 0. The quantitative estimate of drug-likeness (QED) is 0.726. The third kappa shape index (κ3) is 4.97. The minimum absolute atomic E-state index is 0.116. The fourth-order valence-electron chi connectivity index (χ4n) is 2.49. The molecule has 0 heterocycles. The molecule has 3 nitrogen and oxygen atoms in total. The maximum atomic E-state index is 11.2. The highest BCUT2D eigenvalue weighted by Gasteiger charge is 2.19. The molecule has 0 aromatic heterocycles. The van der Waals surface area contributed by atoms with Crippen LogP contribution in [0.1, 0.15) is 46.0 Å². The van der Waals surface area contributed by atoms with Gasteiger partial charge >= 0.3 is 0 Å². The molecule has 16 heavy (non-hydrogen) atoms. The van der Waals surface area contributed by atoms with Gasteiger partial charge in [0.1, 0.15) is 0 Å². The molecule has 1 saturated carbocycles. The van der Waals surface area contributed by atoms with Crippen molar-refractivity contribution in [1.29, 1.82) is 0 Å². The van der Waals surface area contributed by atoms with E-state index in [4.69, 9.17) is 0 Å². The largest absolute Gasteiger partial charge is 0.355 e. The Morgan fingerprint density at radius 3 is 2.31 bits per heavy atom. The third-order valence-electron chi connectivity index (χ3n) is 3.64. The molecule has 0 spiro atoms. The third-order valence-corrected chi connectivity index (χ3v) is 3.64. The number of nitrogens with one attached hydrogen (secondary N) is 2. The van der Waals surface area contributed by atoms with Gasteiger partial charge in [-0.3, -0.25) is 4.79 Å². The molecule has 3 heteroatoms. The Balaban J connectivity index is 2.04. The van der Waals surface area contributed by atoms with Crippen LogP contribution in [0.2, 0.25) is 0 Å². The van der Waals surface area contributed by atoms with E-state index >= 15 is 0 Å². The Morgan fingerprint density at radius 2 is 1.75 bits per heavy atom. The van der Waals surface area contributed by atoms with Crippen molar-refractivity contribution in [2.24, 2.45) is 11.8 Å².